The van der Waals surface area contributed by atoms with E-state index in [4.69, 9.17) is 4.52 Å². The second-order valence-corrected chi connectivity index (χ2v) is 6.02. The van der Waals surface area contributed by atoms with Crippen LogP contribution in [0.2, 0.25) is 0 Å². The van der Waals surface area contributed by atoms with Crippen molar-refractivity contribution in [3.05, 3.63) is 18.0 Å². The van der Waals surface area contributed by atoms with Crippen LogP contribution in [0.1, 0.15) is 51.1 Å². The molecule has 3 heterocycles. The monoisotopic (exact) mass is 263 g/mol. The van der Waals surface area contributed by atoms with E-state index in [-0.39, 0.29) is 0 Å². The first kappa shape index (κ1) is 13.1. The molecule has 1 aromatic rings. The van der Waals surface area contributed by atoms with Crippen molar-refractivity contribution in [2.45, 2.75) is 70.1 Å². The molecule has 1 N–H and O–H groups in total. The molecule has 2 unspecified atom stereocenters. The van der Waals surface area contributed by atoms with E-state index in [0.29, 0.717) is 0 Å². The highest BCUT2D eigenvalue weighted by atomic mass is 16.5. The normalized spacial score (nSPS) is 31.5. The number of nitrogens with zero attached hydrogens (tertiary/aromatic N) is 2. The molecule has 3 rings (SSSR count). The summed E-state index contributed by atoms with van der Waals surface area (Å²) in [5, 5.41) is 7.79. The van der Waals surface area contributed by atoms with Crippen molar-refractivity contribution in [1.82, 2.24) is 15.4 Å². The maximum Gasteiger partial charge on any atom is 0.124 e. The third-order valence-electron chi connectivity index (χ3n) is 4.64. The van der Waals surface area contributed by atoms with E-state index in [0.717, 1.165) is 36.9 Å². The Bertz CT molecular complexity index is 365. The SMILES string of the molecule is CCCNC1CC2CCCC(C1)N2Cc1ccon1. The molecule has 0 saturated carbocycles. The summed E-state index contributed by atoms with van der Waals surface area (Å²) in [5.74, 6) is 0. The molecule has 0 radical (unpaired) electrons. The lowest BCUT2D eigenvalue weighted by Crippen LogP contribution is -2.55. The molecule has 2 saturated heterocycles. The predicted molar refractivity (Wildman–Crippen MR) is 74.8 cm³/mol. The van der Waals surface area contributed by atoms with Crippen LogP contribution in [0.25, 0.3) is 0 Å². The van der Waals surface area contributed by atoms with Gasteiger partial charge in [-0.15, -0.1) is 0 Å². The van der Waals surface area contributed by atoms with E-state index in [2.05, 4.69) is 22.3 Å². The third kappa shape index (κ3) is 3.00. The summed E-state index contributed by atoms with van der Waals surface area (Å²) < 4.78 is 4.96. The minimum atomic E-state index is 0.726. The Labute approximate surface area is 115 Å². The van der Waals surface area contributed by atoms with Gasteiger partial charge < -0.3 is 9.84 Å². The highest BCUT2D eigenvalue weighted by molar-refractivity contribution is 5.01. The number of nitrogens with one attached hydrogen (secondary N) is 1. The first-order valence-electron chi connectivity index (χ1n) is 7.75. The molecule has 4 nitrogen and oxygen atoms in total. The molecular formula is C15H25N3O. The van der Waals surface area contributed by atoms with Gasteiger partial charge in [0.15, 0.2) is 0 Å². The Morgan fingerprint density at radius 2 is 2.16 bits per heavy atom. The second-order valence-electron chi connectivity index (χ2n) is 6.02. The quantitative estimate of drug-likeness (QED) is 0.886. The van der Waals surface area contributed by atoms with Crippen LogP contribution < -0.4 is 5.32 Å². The van der Waals surface area contributed by atoms with Crippen LogP contribution in [-0.4, -0.2) is 34.7 Å². The molecule has 2 aliphatic heterocycles. The smallest absolute Gasteiger partial charge is 0.124 e. The van der Waals surface area contributed by atoms with Crippen LogP contribution in [0.5, 0.6) is 0 Å². The molecule has 0 aromatic carbocycles. The minimum absolute atomic E-state index is 0.726. The van der Waals surface area contributed by atoms with Crippen molar-refractivity contribution in [2.75, 3.05) is 6.54 Å². The van der Waals surface area contributed by atoms with Gasteiger partial charge >= 0.3 is 0 Å². The van der Waals surface area contributed by atoms with Crippen LogP contribution in [0.3, 0.4) is 0 Å². The van der Waals surface area contributed by atoms with Crippen molar-refractivity contribution in [1.29, 1.82) is 0 Å². The van der Waals surface area contributed by atoms with E-state index in [1.165, 1.54) is 38.5 Å². The average molecular weight is 263 g/mol. The number of piperidine rings is 2. The fourth-order valence-electron chi connectivity index (χ4n) is 3.76. The first-order chi connectivity index (χ1) is 9.36. The van der Waals surface area contributed by atoms with Crippen LogP contribution in [0.4, 0.5) is 0 Å². The lowest BCUT2D eigenvalue weighted by atomic mass is 9.81. The molecule has 2 fully saturated rings. The van der Waals surface area contributed by atoms with Gasteiger partial charge in [-0.25, -0.2) is 0 Å². The maximum absolute atomic E-state index is 4.96. The van der Waals surface area contributed by atoms with Gasteiger partial charge in [-0.3, -0.25) is 4.90 Å². The van der Waals surface area contributed by atoms with Gasteiger partial charge in [0, 0.05) is 30.7 Å². The molecule has 2 bridgehead atoms. The number of aromatic nitrogens is 1. The van der Waals surface area contributed by atoms with Crippen LogP contribution in [0, 0.1) is 0 Å². The van der Waals surface area contributed by atoms with Gasteiger partial charge in [0.25, 0.3) is 0 Å². The Hall–Kier alpha value is -0.870. The summed E-state index contributed by atoms with van der Waals surface area (Å²) in [6.07, 6.45) is 9.60. The van der Waals surface area contributed by atoms with Gasteiger partial charge in [-0.05, 0) is 38.6 Å². The molecule has 4 heteroatoms. The van der Waals surface area contributed by atoms with Crippen molar-refractivity contribution in [3.8, 4) is 0 Å². The predicted octanol–water partition coefficient (Wildman–Crippen LogP) is 2.56. The van der Waals surface area contributed by atoms with Crippen LogP contribution in [-0.2, 0) is 6.54 Å². The largest absolute Gasteiger partial charge is 0.364 e. The summed E-state index contributed by atoms with van der Waals surface area (Å²) in [5.41, 5.74) is 1.08. The Morgan fingerprint density at radius 1 is 1.37 bits per heavy atom. The Balaban J connectivity index is 1.63. The van der Waals surface area contributed by atoms with E-state index in [1.54, 1.807) is 6.26 Å². The molecule has 2 aliphatic rings. The molecule has 1 aromatic heterocycles. The lowest BCUT2D eigenvalue weighted by Gasteiger charge is -2.49. The Morgan fingerprint density at radius 3 is 2.79 bits per heavy atom. The van der Waals surface area contributed by atoms with E-state index in [9.17, 15) is 0 Å². The van der Waals surface area contributed by atoms with E-state index in [1.807, 2.05) is 6.07 Å². The summed E-state index contributed by atoms with van der Waals surface area (Å²) >= 11 is 0. The third-order valence-corrected chi connectivity index (χ3v) is 4.64. The number of hydrogen-bond donors (Lipinski definition) is 1. The second kappa shape index (κ2) is 6.06. The van der Waals surface area contributed by atoms with E-state index < -0.39 is 0 Å². The zero-order chi connectivity index (χ0) is 13.1. The summed E-state index contributed by atoms with van der Waals surface area (Å²) in [7, 11) is 0. The van der Waals surface area contributed by atoms with Crippen molar-refractivity contribution < 1.29 is 4.52 Å². The van der Waals surface area contributed by atoms with Gasteiger partial charge in [0.2, 0.25) is 0 Å². The zero-order valence-corrected chi connectivity index (χ0v) is 11.8. The molecule has 19 heavy (non-hydrogen) atoms. The fourth-order valence-corrected chi connectivity index (χ4v) is 3.76. The Kier molecular flexibility index (Phi) is 4.18. The molecule has 0 aliphatic carbocycles. The number of rotatable bonds is 5. The van der Waals surface area contributed by atoms with Crippen LogP contribution >= 0.6 is 0 Å². The fraction of sp³-hybridized carbons (Fsp3) is 0.800. The van der Waals surface area contributed by atoms with Gasteiger partial charge in [-0.2, -0.15) is 0 Å². The van der Waals surface area contributed by atoms with Gasteiger partial charge in [0.1, 0.15) is 6.26 Å². The van der Waals surface area contributed by atoms with E-state index >= 15 is 0 Å². The lowest BCUT2D eigenvalue weighted by molar-refractivity contribution is 0.0161. The molecule has 0 spiro atoms. The standard InChI is InChI=1S/C15H25N3O/c1-2-7-16-13-9-14-4-3-5-15(10-13)18(14)11-12-6-8-19-17-12/h6,8,13-16H,2-5,7,9-11H2,1H3. The topological polar surface area (TPSA) is 41.3 Å². The summed E-state index contributed by atoms with van der Waals surface area (Å²) in [4.78, 5) is 2.67. The average Bonchev–Trinajstić information content (AvgIpc) is 2.89. The van der Waals surface area contributed by atoms with Crippen molar-refractivity contribution in [2.24, 2.45) is 0 Å². The van der Waals surface area contributed by atoms with Crippen molar-refractivity contribution >= 4 is 0 Å². The summed E-state index contributed by atoms with van der Waals surface area (Å²) in [6, 6.07) is 4.19. The van der Waals surface area contributed by atoms with Gasteiger partial charge in [-0.1, -0.05) is 18.5 Å². The van der Waals surface area contributed by atoms with Crippen molar-refractivity contribution in [3.63, 3.8) is 0 Å². The zero-order valence-electron chi connectivity index (χ0n) is 11.8. The molecule has 2 atom stereocenters. The number of fused-ring (bicyclic) bond motifs is 2. The van der Waals surface area contributed by atoms with Crippen LogP contribution in [0.15, 0.2) is 16.9 Å². The maximum atomic E-state index is 4.96. The van der Waals surface area contributed by atoms with Gasteiger partial charge in [0.05, 0.1) is 5.69 Å². The number of hydrogen-bond acceptors (Lipinski definition) is 4. The minimum Gasteiger partial charge on any atom is -0.364 e. The summed E-state index contributed by atoms with van der Waals surface area (Å²) in [6.45, 7) is 4.37. The molecule has 0 amide bonds. The molecular weight excluding hydrogens is 238 g/mol. The highest BCUT2D eigenvalue weighted by Crippen LogP contribution is 2.35. The first-order valence-corrected chi connectivity index (χ1v) is 7.75. The molecule has 106 valence electrons. The highest BCUT2D eigenvalue weighted by Gasteiger charge is 2.38.